The molecule has 0 radical (unpaired) electrons. The van der Waals surface area contributed by atoms with Crippen LogP contribution in [-0.2, 0) is 4.79 Å². The zero-order valence-electron chi connectivity index (χ0n) is 23.1. The van der Waals surface area contributed by atoms with Gasteiger partial charge in [-0.3, -0.25) is 4.79 Å². The molecule has 38 heavy (non-hydrogen) atoms. The maximum Gasteiger partial charge on any atom is 0.156 e. The zero-order chi connectivity index (χ0) is 26.7. The first kappa shape index (κ1) is 25.2. The van der Waals surface area contributed by atoms with Gasteiger partial charge in [-0.15, -0.1) is 0 Å². The number of fused-ring (bicyclic) bond motifs is 4. The molecule has 0 amide bonds. The lowest BCUT2D eigenvalue weighted by Gasteiger charge is -2.53. The van der Waals surface area contributed by atoms with Crippen LogP contribution in [0.15, 0.2) is 65.3 Å². The van der Waals surface area contributed by atoms with Crippen LogP contribution in [-0.4, -0.2) is 23.6 Å². The quantitative estimate of drug-likeness (QED) is 0.446. The van der Waals surface area contributed by atoms with Gasteiger partial charge in [0.05, 0.1) is 7.11 Å². The highest BCUT2D eigenvalue weighted by Gasteiger charge is 2.62. The van der Waals surface area contributed by atoms with E-state index in [1.807, 2.05) is 12.1 Å². The fourth-order valence-corrected chi connectivity index (χ4v) is 8.25. The number of aliphatic hydroxyl groups is 1. The Morgan fingerprint density at radius 1 is 1.03 bits per heavy atom. The van der Waals surface area contributed by atoms with E-state index in [1.54, 1.807) is 7.11 Å². The zero-order valence-corrected chi connectivity index (χ0v) is 23.1. The van der Waals surface area contributed by atoms with Gasteiger partial charge in [0.25, 0.3) is 0 Å². The summed E-state index contributed by atoms with van der Waals surface area (Å²) < 4.78 is 5.62. The van der Waals surface area contributed by atoms with Gasteiger partial charge < -0.3 is 9.84 Å². The van der Waals surface area contributed by atoms with Crippen molar-refractivity contribution in [1.29, 1.82) is 0 Å². The maximum atomic E-state index is 12.3. The Hall–Kier alpha value is -3.09. The van der Waals surface area contributed by atoms with Crippen LogP contribution in [0.5, 0.6) is 5.75 Å². The third-order valence-electron chi connectivity index (χ3n) is 10.0. The molecule has 4 aliphatic rings. The highest BCUT2D eigenvalue weighted by atomic mass is 16.5. The van der Waals surface area contributed by atoms with Crippen molar-refractivity contribution in [2.45, 2.75) is 77.2 Å². The van der Waals surface area contributed by atoms with E-state index in [0.717, 1.165) is 43.4 Å². The average molecular weight is 507 g/mol. The fourth-order valence-electron chi connectivity index (χ4n) is 8.25. The number of aryl methyl sites for hydroxylation is 2. The van der Waals surface area contributed by atoms with Crippen molar-refractivity contribution in [3.05, 3.63) is 87.5 Å². The molecule has 0 aromatic heterocycles. The van der Waals surface area contributed by atoms with Gasteiger partial charge >= 0.3 is 0 Å². The van der Waals surface area contributed by atoms with Gasteiger partial charge in [-0.05, 0) is 122 Å². The van der Waals surface area contributed by atoms with Crippen molar-refractivity contribution >= 4 is 5.78 Å². The van der Waals surface area contributed by atoms with Gasteiger partial charge in [-0.2, -0.15) is 0 Å². The second-order valence-corrected chi connectivity index (χ2v) is 12.3. The molecule has 1 N–H and O–H groups in total. The maximum absolute atomic E-state index is 12.3. The summed E-state index contributed by atoms with van der Waals surface area (Å²) in [6, 6.07) is 14.8. The van der Waals surface area contributed by atoms with Crippen LogP contribution in [0.2, 0.25) is 0 Å². The van der Waals surface area contributed by atoms with Crippen LogP contribution in [0.3, 0.4) is 0 Å². The number of carbonyl (C=O) groups excluding carboxylic acids is 1. The van der Waals surface area contributed by atoms with Crippen LogP contribution < -0.4 is 4.74 Å². The first-order valence-corrected chi connectivity index (χ1v) is 14.2. The first-order valence-electron chi connectivity index (χ1n) is 14.2. The predicted molar refractivity (Wildman–Crippen MR) is 151 cm³/mol. The summed E-state index contributed by atoms with van der Waals surface area (Å²) in [5.41, 5.74) is 7.45. The Kier molecular flexibility index (Phi) is 6.15. The van der Waals surface area contributed by atoms with E-state index >= 15 is 0 Å². The van der Waals surface area contributed by atoms with E-state index in [1.165, 1.54) is 33.4 Å². The van der Waals surface area contributed by atoms with E-state index in [4.69, 9.17) is 4.74 Å². The Balaban J connectivity index is 1.47. The van der Waals surface area contributed by atoms with Crippen molar-refractivity contribution in [1.82, 2.24) is 0 Å². The molecule has 3 heteroatoms. The molecule has 196 valence electrons. The van der Waals surface area contributed by atoms with Crippen LogP contribution in [0.4, 0.5) is 0 Å². The van der Waals surface area contributed by atoms with E-state index in [0.29, 0.717) is 24.7 Å². The largest absolute Gasteiger partial charge is 0.497 e. The van der Waals surface area contributed by atoms with Crippen molar-refractivity contribution in [3.63, 3.8) is 0 Å². The summed E-state index contributed by atoms with van der Waals surface area (Å²) >= 11 is 0. The molecule has 2 saturated carbocycles. The molecule has 5 atom stereocenters. The van der Waals surface area contributed by atoms with Crippen molar-refractivity contribution < 1.29 is 14.6 Å². The van der Waals surface area contributed by atoms with Gasteiger partial charge in [0.2, 0.25) is 0 Å². The van der Waals surface area contributed by atoms with Crippen molar-refractivity contribution in [3.8, 4) is 17.6 Å². The van der Waals surface area contributed by atoms with Gasteiger partial charge in [-0.25, -0.2) is 0 Å². The van der Waals surface area contributed by atoms with E-state index in [2.05, 4.69) is 69.0 Å². The van der Waals surface area contributed by atoms with Crippen LogP contribution in [0.1, 0.15) is 80.0 Å². The minimum absolute atomic E-state index is 0.177. The second-order valence-electron chi connectivity index (χ2n) is 12.3. The molecule has 0 unspecified atom stereocenters. The molecule has 2 fully saturated rings. The fraction of sp³-hybridized carbons (Fsp3) is 0.457. The third-order valence-corrected chi connectivity index (χ3v) is 10.0. The summed E-state index contributed by atoms with van der Waals surface area (Å²) in [7, 11) is 1.72. The van der Waals surface area contributed by atoms with Gasteiger partial charge in [0, 0.05) is 23.3 Å². The standard InChI is InChI=1S/C35H38O3/c1-22-16-23(2)18-24(17-22)12-14-35(37)15-13-32-30-10-8-26-19-27(36)9-11-29(26)33(30)31(21-34(32,35)3)25-6-5-7-28(20-25)38-4/h5-7,16-20,30-32,37H,8-11,13,15,21H2,1-4H3/t30-,31+,32-,34-,35-/m0/s1. The molecule has 0 aliphatic heterocycles. The van der Waals surface area contributed by atoms with E-state index in [9.17, 15) is 9.90 Å². The number of allylic oxidation sites excluding steroid dienone is 4. The molecule has 6 rings (SSSR count). The summed E-state index contributed by atoms with van der Waals surface area (Å²) in [5, 5.41) is 12.3. The Labute approximate surface area is 227 Å². The molecule has 2 aromatic rings. The first-order chi connectivity index (χ1) is 18.2. The van der Waals surface area contributed by atoms with E-state index in [-0.39, 0.29) is 17.1 Å². The Morgan fingerprint density at radius 2 is 1.82 bits per heavy atom. The van der Waals surface area contributed by atoms with E-state index < -0.39 is 5.60 Å². The molecule has 2 aromatic carbocycles. The molecule has 3 nitrogen and oxygen atoms in total. The number of hydrogen-bond donors (Lipinski definition) is 1. The highest BCUT2D eigenvalue weighted by molar-refractivity contribution is 5.93. The van der Waals surface area contributed by atoms with Crippen LogP contribution in [0.25, 0.3) is 0 Å². The molecular formula is C35H38O3. The smallest absolute Gasteiger partial charge is 0.156 e. The molecule has 0 spiro atoms. The average Bonchev–Trinajstić information content (AvgIpc) is 3.16. The SMILES string of the molecule is COc1cccc([C@H]2C[C@@]3(C)[C@@H](CC[C@@]3(O)C#Cc3cc(C)cc(C)c3)[C@@H]3CCC4=CC(=O)CCC4=C32)c1. The van der Waals surface area contributed by atoms with Crippen molar-refractivity contribution in [2.24, 2.45) is 17.3 Å². The summed E-state index contributed by atoms with van der Waals surface area (Å²) in [6.07, 6.45) is 7.90. The number of methoxy groups -OCH3 is 1. The lowest BCUT2D eigenvalue weighted by Crippen LogP contribution is -2.51. The lowest BCUT2D eigenvalue weighted by molar-refractivity contribution is -0.114. The topological polar surface area (TPSA) is 46.5 Å². The van der Waals surface area contributed by atoms with Crippen molar-refractivity contribution in [2.75, 3.05) is 7.11 Å². The number of ether oxygens (including phenoxy) is 1. The molecule has 4 aliphatic carbocycles. The molecule has 0 heterocycles. The van der Waals surface area contributed by atoms with Gasteiger partial charge in [-0.1, -0.05) is 42.5 Å². The summed E-state index contributed by atoms with van der Waals surface area (Å²) in [4.78, 5) is 12.3. The molecular weight excluding hydrogens is 468 g/mol. The molecule has 0 bridgehead atoms. The van der Waals surface area contributed by atoms with Gasteiger partial charge in [0.1, 0.15) is 11.4 Å². The Bertz CT molecular complexity index is 1410. The highest BCUT2D eigenvalue weighted by Crippen LogP contribution is 2.66. The second kappa shape index (κ2) is 9.28. The van der Waals surface area contributed by atoms with Crippen LogP contribution >= 0.6 is 0 Å². The third kappa shape index (κ3) is 4.05. The normalized spacial score (nSPS) is 32.0. The lowest BCUT2D eigenvalue weighted by atomic mass is 9.51. The number of hydrogen-bond acceptors (Lipinski definition) is 3. The monoisotopic (exact) mass is 506 g/mol. The summed E-state index contributed by atoms with van der Waals surface area (Å²) in [5.74, 6) is 8.90. The van der Waals surface area contributed by atoms with Gasteiger partial charge in [0.15, 0.2) is 5.78 Å². The predicted octanol–water partition coefficient (Wildman–Crippen LogP) is 6.99. The summed E-state index contributed by atoms with van der Waals surface area (Å²) in [6.45, 7) is 6.49. The number of benzene rings is 2. The molecule has 0 saturated heterocycles. The van der Waals surface area contributed by atoms with Crippen LogP contribution in [0, 0.1) is 42.9 Å². The Morgan fingerprint density at radius 3 is 2.58 bits per heavy atom. The number of ketones is 1. The minimum atomic E-state index is -1.04. The number of carbonyl (C=O) groups is 1. The minimum Gasteiger partial charge on any atom is -0.497 e. The number of rotatable bonds is 2.